The van der Waals surface area contributed by atoms with Crippen LogP contribution in [0.4, 0.5) is 0 Å². The standard InChI is InChI=1S/C32H26/c1-3-21-8-12-23(13-9-21)29-20-27-17-16-24-6-5-7-25-18-19-28(32(27)30(24)25)31(29)26-14-10-22(4-2)11-15-26/h5-20H,3-4H2,1-2H3. The van der Waals surface area contributed by atoms with Crippen LogP contribution in [0.1, 0.15) is 25.0 Å². The molecule has 0 saturated heterocycles. The summed E-state index contributed by atoms with van der Waals surface area (Å²) in [4.78, 5) is 0. The zero-order valence-corrected chi connectivity index (χ0v) is 18.7. The number of aryl methyl sites for hydroxylation is 2. The van der Waals surface area contributed by atoms with Gasteiger partial charge in [-0.2, -0.15) is 0 Å². The number of rotatable bonds is 4. The Morgan fingerprint density at radius 3 is 1.69 bits per heavy atom. The van der Waals surface area contributed by atoms with Crippen LogP contribution in [0.15, 0.2) is 97.1 Å². The van der Waals surface area contributed by atoms with E-state index < -0.39 is 0 Å². The van der Waals surface area contributed by atoms with E-state index in [1.807, 2.05) is 0 Å². The first-order valence-corrected chi connectivity index (χ1v) is 11.7. The Labute approximate surface area is 189 Å². The molecule has 6 aromatic rings. The molecule has 0 atom stereocenters. The fourth-order valence-electron chi connectivity index (χ4n) is 5.18. The van der Waals surface area contributed by atoms with Crippen LogP contribution < -0.4 is 0 Å². The van der Waals surface area contributed by atoms with E-state index in [1.54, 1.807) is 0 Å². The molecule has 0 aliphatic heterocycles. The summed E-state index contributed by atoms with van der Waals surface area (Å²) in [5, 5.41) is 8.03. The van der Waals surface area contributed by atoms with Crippen LogP contribution in [0.25, 0.3) is 54.6 Å². The van der Waals surface area contributed by atoms with Gasteiger partial charge in [-0.3, -0.25) is 0 Å². The number of hydrogen-bond donors (Lipinski definition) is 0. The molecule has 0 unspecified atom stereocenters. The highest BCUT2D eigenvalue weighted by Crippen LogP contribution is 2.44. The second kappa shape index (κ2) is 7.50. The van der Waals surface area contributed by atoms with Crippen molar-refractivity contribution in [3.8, 4) is 22.3 Å². The van der Waals surface area contributed by atoms with Gasteiger partial charge in [0.05, 0.1) is 0 Å². The van der Waals surface area contributed by atoms with Crippen molar-refractivity contribution in [2.45, 2.75) is 26.7 Å². The van der Waals surface area contributed by atoms with Gasteiger partial charge in [-0.25, -0.2) is 0 Å². The van der Waals surface area contributed by atoms with E-state index in [2.05, 4.69) is 111 Å². The van der Waals surface area contributed by atoms with Crippen molar-refractivity contribution in [3.05, 3.63) is 108 Å². The lowest BCUT2D eigenvalue weighted by Crippen LogP contribution is -1.92. The van der Waals surface area contributed by atoms with E-state index in [-0.39, 0.29) is 0 Å². The van der Waals surface area contributed by atoms with E-state index in [4.69, 9.17) is 0 Å². The summed E-state index contributed by atoms with van der Waals surface area (Å²) >= 11 is 0. The largest absolute Gasteiger partial charge is 0.0613 e. The van der Waals surface area contributed by atoms with Crippen molar-refractivity contribution in [3.63, 3.8) is 0 Å². The molecule has 6 rings (SSSR count). The summed E-state index contributed by atoms with van der Waals surface area (Å²) < 4.78 is 0. The highest BCUT2D eigenvalue weighted by atomic mass is 14.2. The lowest BCUT2D eigenvalue weighted by molar-refractivity contribution is 1.14. The minimum absolute atomic E-state index is 1.06. The monoisotopic (exact) mass is 410 g/mol. The third-order valence-corrected chi connectivity index (χ3v) is 6.97. The maximum Gasteiger partial charge on any atom is -0.00201 e. The Kier molecular flexibility index (Phi) is 4.47. The minimum atomic E-state index is 1.06. The molecule has 6 aromatic carbocycles. The molecule has 0 heteroatoms. The normalized spacial score (nSPS) is 11.7. The van der Waals surface area contributed by atoms with Crippen LogP contribution in [0.5, 0.6) is 0 Å². The van der Waals surface area contributed by atoms with Crippen molar-refractivity contribution in [2.75, 3.05) is 0 Å². The van der Waals surface area contributed by atoms with E-state index in [1.165, 1.54) is 65.7 Å². The van der Waals surface area contributed by atoms with Gasteiger partial charge in [0.25, 0.3) is 0 Å². The molecule has 0 bridgehead atoms. The highest BCUT2D eigenvalue weighted by molar-refractivity contribution is 6.27. The molecule has 0 radical (unpaired) electrons. The van der Waals surface area contributed by atoms with E-state index in [0.717, 1.165) is 12.8 Å². The minimum Gasteiger partial charge on any atom is -0.0613 e. The molecular weight excluding hydrogens is 384 g/mol. The molecule has 0 fully saturated rings. The lowest BCUT2D eigenvalue weighted by atomic mass is 9.84. The van der Waals surface area contributed by atoms with Gasteiger partial charge in [0.2, 0.25) is 0 Å². The van der Waals surface area contributed by atoms with Crippen molar-refractivity contribution >= 4 is 32.3 Å². The molecule has 0 aliphatic rings. The predicted molar refractivity (Wildman–Crippen MR) is 140 cm³/mol. The summed E-state index contributed by atoms with van der Waals surface area (Å²) in [5.41, 5.74) is 7.96. The van der Waals surface area contributed by atoms with Gasteiger partial charge >= 0.3 is 0 Å². The van der Waals surface area contributed by atoms with Crippen LogP contribution in [0.2, 0.25) is 0 Å². The average molecular weight is 411 g/mol. The second-order valence-electron chi connectivity index (χ2n) is 8.76. The van der Waals surface area contributed by atoms with Crippen molar-refractivity contribution < 1.29 is 0 Å². The van der Waals surface area contributed by atoms with E-state index in [0.29, 0.717) is 0 Å². The van der Waals surface area contributed by atoms with Crippen molar-refractivity contribution in [2.24, 2.45) is 0 Å². The van der Waals surface area contributed by atoms with Gasteiger partial charge in [0, 0.05) is 0 Å². The van der Waals surface area contributed by atoms with Gasteiger partial charge in [0.1, 0.15) is 0 Å². The van der Waals surface area contributed by atoms with Gasteiger partial charge < -0.3 is 0 Å². The van der Waals surface area contributed by atoms with Crippen LogP contribution in [0.3, 0.4) is 0 Å². The Bertz CT molecular complexity index is 1540. The second-order valence-corrected chi connectivity index (χ2v) is 8.76. The molecule has 0 heterocycles. The molecule has 0 nitrogen and oxygen atoms in total. The van der Waals surface area contributed by atoms with Crippen LogP contribution in [-0.2, 0) is 12.8 Å². The molecule has 0 saturated carbocycles. The molecule has 32 heavy (non-hydrogen) atoms. The Balaban J connectivity index is 1.74. The van der Waals surface area contributed by atoms with Crippen LogP contribution in [0, 0.1) is 0 Å². The predicted octanol–water partition coefficient (Wildman–Crippen LogP) is 9.04. The third kappa shape index (κ3) is 2.91. The molecular formula is C32H26. The lowest BCUT2D eigenvalue weighted by Gasteiger charge is -2.19. The zero-order valence-electron chi connectivity index (χ0n) is 18.7. The molecule has 0 spiro atoms. The Morgan fingerprint density at radius 1 is 0.500 bits per heavy atom. The van der Waals surface area contributed by atoms with Gasteiger partial charge in [0.15, 0.2) is 0 Å². The van der Waals surface area contributed by atoms with E-state index >= 15 is 0 Å². The van der Waals surface area contributed by atoms with Crippen molar-refractivity contribution in [1.82, 2.24) is 0 Å². The topological polar surface area (TPSA) is 0 Å². The molecule has 154 valence electrons. The fourth-order valence-corrected chi connectivity index (χ4v) is 5.18. The smallest absolute Gasteiger partial charge is 0.00201 e. The SMILES string of the molecule is CCc1ccc(-c2cc3ccc4cccc5ccc(c2-c2ccc(CC)cc2)c3c45)cc1. The number of benzene rings is 6. The molecule has 0 N–H and O–H groups in total. The quantitative estimate of drug-likeness (QED) is 0.254. The Morgan fingerprint density at radius 2 is 1.06 bits per heavy atom. The van der Waals surface area contributed by atoms with Crippen molar-refractivity contribution in [1.29, 1.82) is 0 Å². The third-order valence-electron chi connectivity index (χ3n) is 6.97. The van der Waals surface area contributed by atoms with Gasteiger partial charge in [-0.05, 0) is 84.6 Å². The molecule has 0 amide bonds. The summed E-state index contributed by atoms with van der Waals surface area (Å²) in [6, 6.07) is 36.5. The maximum absolute atomic E-state index is 2.40. The highest BCUT2D eigenvalue weighted by Gasteiger charge is 2.17. The first-order chi connectivity index (χ1) is 15.8. The average Bonchev–Trinajstić information content (AvgIpc) is 2.87. The maximum atomic E-state index is 2.40. The van der Waals surface area contributed by atoms with Crippen LogP contribution in [-0.4, -0.2) is 0 Å². The van der Waals surface area contributed by atoms with Gasteiger partial charge in [-0.15, -0.1) is 0 Å². The fraction of sp³-hybridized carbons (Fsp3) is 0.125. The summed E-state index contributed by atoms with van der Waals surface area (Å²) in [7, 11) is 0. The Hall–Kier alpha value is -3.64. The summed E-state index contributed by atoms with van der Waals surface area (Å²) in [5.74, 6) is 0. The van der Waals surface area contributed by atoms with Crippen LogP contribution >= 0.6 is 0 Å². The summed E-state index contributed by atoms with van der Waals surface area (Å²) in [6.07, 6.45) is 2.12. The first-order valence-electron chi connectivity index (χ1n) is 11.7. The molecule has 0 aliphatic carbocycles. The number of hydrogen-bond acceptors (Lipinski definition) is 0. The van der Waals surface area contributed by atoms with E-state index in [9.17, 15) is 0 Å². The zero-order chi connectivity index (χ0) is 21.7. The first kappa shape index (κ1) is 19.1. The van der Waals surface area contributed by atoms with Gasteiger partial charge in [-0.1, -0.05) is 105 Å². The molecule has 0 aromatic heterocycles. The summed E-state index contributed by atoms with van der Waals surface area (Å²) in [6.45, 7) is 4.43.